The van der Waals surface area contributed by atoms with E-state index in [1.807, 2.05) is 41.7 Å². The van der Waals surface area contributed by atoms with E-state index < -0.39 is 0 Å². The summed E-state index contributed by atoms with van der Waals surface area (Å²) in [5.41, 5.74) is 10.8. The lowest BCUT2D eigenvalue weighted by Crippen LogP contribution is -1.95. The summed E-state index contributed by atoms with van der Waals surface area (Å²) in [7, 11) is 0. The lowest BCUT2D eigenvalue weighted by atomic mass is 10.1. The van der Waals surface area contributed by atoms with Gasteiger partial charge in [0.25, 0.3) is 0 Å². The number of hydrogen-bond donors (Lipinski definition) is 1. The zero-order valence-corrected chi connectivity index (χ0v) is 12.2. The molecule has 0 atom stereocenters. The van der Waals surface area contributed by atoms with E-state index in [1.54, 1.807) is 6.20 Å². The van der Waals surface area contributed by atoms with E-state index >= 15 is 0 Å². The van der Waals surface area contributed by atoms with Crippen LogP contribution in [0.2, 0.25) is 5.02 Å². The summed E-state index contributed by atoms with van der Waals surface area (Å²) >= 11 is 6.13. The summed E-state index contributed by atoms with van der Waals surface area (Å²) in [6.07, 6.45) is 2.05. The quantitative estimate of drug-likeness (QED) is 0.735. The summed E-state index contributed by atoms with van der Waals surface area (Å²) < 4.78 is 1.89. The number of halogens is 1. The number of imidazole rings is 1. The Labute approximate surface area is 127 Å². The van der Waals surface area contributed by atoms with E-state index in [0.717, 1.165) is 28.2 Å². The molecule has 0 unspecified atom stereocenters. The number of nitrogens with zero attached hydrogens (tertiary/aromatic N) is 3. The number of hydrogen-bond acceptors (Lipinski definition) is 3. The molecular formula is C16H13ClN4. The van der Waals surface area contributed by atoms with Gasteiger partial charge in [-0.1, -0.05) is 23.7 Å². The van der Waals surface area contributed by atoms with Gasteiger partial charge in [0.2, 0.25) is 0 Å². The SMILES string of the molecule is Cc1cc(Cl)cn2c(CC#N)c(-c3cccc(N)c3)nc12. The van der Waals surface area contributed by atoms with Crippen LogP contribution in [0.3, 0.4) is 0 Å². The van der Waals surface area contributed by atoms with Gasteiger partial charge in [-0.05, 0) is 30.7 Å². The highest BCUT2D eigenvalue weighted by Crippen LogP contribution is 2.28. The molecule has 0 saturated heterocycles. The van der Waals surface area contributed by atoms with Gasteiger partial charge in [0.1, 0.15) is 5.65 Å². The molecule has 2 N–H and O–H groups in total. The minimum absolute atomic E-state index is 0.255. The predicted octanol–water partition coefficient (Wildman–Crippen LogP) is 3.61. The number of nitrogens with two attached hydrogens (primary N) is 1. The van der Waals surface area contributed by atoms with Gasteiger partial charge in [0.05, 0.1) is 28.9 Å². The number of nitriles is 1. The molecule has 4 nitrogen and oxygen atoms in total. The summed E-state index contributed by atoms with van der Waals surface area (Å²) in [5, 5.41) is 9.73. The molecule has 0 fully saturated rings. The highest BCUT2D eigenvalue weighted by molar-refractivity contribution is 6.30. The van der Waals surface area contributed by atoms with Crippen LogP contribution < -0.4 is 5.73 Å². The van der Waals surface area contributed by atoms with E-state index in [2.05, 4.69) is 11.1 Å². The van der Waals surface area contributed by atoms with Crippen LogP contribution in [0, 0.1) is 18.3 Å². The Balaban J connectivity index is 2.35. The zero-order chi connectivity index (χ0) is 15.0. The monoisotopic (exact) mass is 296 g/mol. The fraction of sp³-hybridized carbons (Fsp3) is 0.125. The normalized spacial score (nSPS) is 10.7. The van der Waals surface area contributed by atoms with E-state index in [1.165, 1.54) is 0 Å². The number of benzene rings is 1. The highest BCUT2D eigenvalue weighted by Gasteiger charge is 2.15. The molecule has 0 radical (unpaired) electrons. The standard InChI is InChI=1S/C16H13ClN4/c1-10-7-12(17)9-21-14(5-6-18)15(20-16(10)21)11-3-2-4-13(19)8-11/h2-4,7-9H,5,19H2,1H3. The van der Waals surface area contributed by atoms with Crippen LogP contribution in [0.25, 0.3) is 16.9 Å². The third kappa shape index (κ3) is 2.32. The summed E-state index contributed by atoms with van der Waals surface area (Å²) in [5.74, 6) is 0. The Morgan fingerprint density at radius 3 is 2.90 bits per heavy atom. The van der Waals surface area contributed by atoms with E-state index in [-0.39, 0.29) is 6.42 Å². The van der Waals surface area contributed by atoms with Crippen molar-refractivity contribution in [2.75, 3.05) is 5.73 Å². The number of rotatable bonds is 2. The van der Waals surface area contributed by atoms with Gasteiger partial charge in [0, 0.05) is 17.4 Å². The second kappa shape index (κ2) is 5.12. The predicted molar refractivity (Wildman–Crippen MR) is 84.1 cm³/mol. The molecule has 0 aliphatic carbocycles. The van der Waals surface area contributed by atoms with Crippen molar-refractivity contribution in [2.45, 2.75) is 13.3 Å². The third-order valence-electron chi connectivity index (χ3n) is 3.38. The van der Waals surface area contributed by atoms with E-state index in [4.69, 9.17) is 22.6 Å². The number of anilines is 1. The number of pyridine rings is 1. The lowest BCUT2D eigenvalue weighted by Gasteiger charge is -2.03. The van der Waals surface area contributed by atoms with Gasteiger partial charge >= 0.3 is 0 Å². The molecule has 0 amide bonds. The molecule has 21 heavy (non-hydrogen) atoms. The Kier molecular flexibility index (Phi) is 3.28. The van der Waals surface area contributed by atoms with Crippen LogP contribution in [0.1, 0.15) is 11.3 Å². The highest BCUT2D eigenvalue weighted by atomic mass is 35.5. The zero-order valence-electron chi connectivity index (χ0n) is 11.5. The smallest absolute Gasteiger partial charge is 0.140 e. The van der Waals surface area contributed by atoms with E-state index in [0.29, 0.717) is 10.7 Å². The van der Waals surface area contributed by atoms with Crippen molar-refractivity contribution in [3.8, 4) is 17.3 Å². The van der Waals surface area contributed by atoms with Gasteiger partial charge < -0.3 is 10.1 Å². The Morgan fingerprint density at radius 2 is 2.19 bits per heavy atom. The average Bonchev–Trinajstić information content (AvgIpc) is 2.79. The number of aromatic nitrogens is 2. The molecule has 2 aromatic heterocycles. The molecule has 0 saturated carbocycles. The Hall–Kier alpha value is -2.51. The van der Waals surface area contributed by atoms with Gasteiger partial charge in [-0.25, -0.2) is 4.98 Å². The first-order chi connectivity index (χ1) is 10.1. The van der Waals surface area contributed by atoms with Gasteiger partial charge in [-0.3, -0.25) is 0 Å². The van der Waals surface area contributed by atoms with Crippen molar-refractivity contribution in [1.29, 1.82) is 5.26 Å². The molecule has 104 valence electrons. The van der Waals surface area contributed by atoms with Crippen LogP contribution in [0.5, 0.6) is 0 Å². The maximum absolute atomic E-state index is 9.11. The minimum Gasteiger partial charge on any atom is -0.399 e. The van der Waals surface area contributed by atoms with Crippen LogP contribution in [-0.4, -0.2) is 9.38 Å². The second-order valence-corrected chi connectivity index (χ2v) is 5.34. The molecule has 0 spiro atoms. The molecule has 5 heteroatoms. The van der Waals surface area contributed by atoms with E-state index in [9.17, 15) is 0 Å². The Morgan fingerprint density at radius 1 is 1.38 bits per heavy atom. The largest absolute Gasteiger partial charge is 0.399 e. The van der Waals surface area contributed by atoms with Gasteiger partial charge in [0.15, 0.2) is 0 Å². The first-order valence-corrected chi connectivity index (χ1v) is 6.88. The van der Waals surface area contributed by atoms with Crippen LogP contribution in [-0.2, 0) is 6.42 Å². The molecule has 1 aromatic carbocycles. The van der Waals surface area contributed by atoms with Crippen molar-refractivity contribution in [3.63, 3.8) is 0 Å². The van der Waals surface area contributed by atoms with Gasteiger partial charge in [-0.2, -0.15) is 5.26 Å². The number of nitrogen functional groups attached to an aromatic ring is 1. The molecule has 2 heterocycles. The van der Waals surface area contributed by atoms with Crippen LogP contribution in [0.4, 0.5) is 5.69 Å². The van der Waals surface area contributed by atoms with Gasteiger partial charge in [-0.15, -0.1) is 0 Å². The maximum atomic E-state index is 9.11. The summed E-state index contributed by atoms with van der Waals surface area (Å²) in [6, 6.07) is 11.6. The number of aryl methyl sites for hydroxylation is 1. The molecule has 0 bridgehead atoms. The fourth-order valence-electron chi connectivity index (χ4n) is 2.48. The minimum atomic E-state index is 0.255. The average molecular weight is 297 g/mol. The summed E-state index contributed by atoms with van der Waals surface area (Å²) in [4.78, 5) is 4.68. The van der Waals surface area contributed by atoms with Crippen molar-refractivity contribution in [3.05, 3.63) is 52.8 Å². The van der Waals surface area contributed by atoms with Crippen molar-refractivity contribution in [1.82, 2.24) is 9.38 Å². The summed E-state index contributed by atoms with van der Waals surface area (Å²) in [6.45, 7) is 1.95. The number of fused-ring (bicyclic) bond motifs is 1. The first-order valence-electron chi connectivity index (χ1n) is 6.50. The Bertz CT molecular complexity index is 874. The molecule has 3 aromatic rings. The second-order valence-electron chi connectivity index (χ2n) is 4.90. The lowest BCUT2D eigenvalue weighted by molar-refractivity contribution is 1.05. The van der Waals surface area contributed by atoms with Crippen LogP contribution in [0.15, 0.2) is 36.5 Å². The van der Waals surface area contributed by atoms with Crippen molar-refractivity contribution >= 4 is 22.9 Å². The maximum Gasteiger partial charge on any atom is 0.140 e. The molecular weight excluding hydrogens is 284 g/mol. The third-order valence-corrected chi connectivity index (χ3v) is 3.58. The topological polar surface area (TPSA) is 67.1 Å². The van der Waals surface area contributed by atoms with Crippen LogP contribution >= 0.6 is 11.6 Å². The van der Waals surface area contributed by atoms with Crippen molar-refractivity contribution in [2.24, 2.45) is 0 Å². The molecule has 3 rings (SSSR count). The molecule has 0 aliphatic heterocycles. The fourth-order valence-corrected chi connectivity index (χ4v) is 2.74. The molecule has 0 aliphatic rings. The first kappa shape index (κ1) is 13.5. The van der Waals surface area contributed by atoms with Crippen molar-refractivity contribution < 1.29 is 0 Å².